The zero-order valence-corrected chi connectivity index (χ0v) is 19.5. The van der Waals surface area contributed by atoms with Gasteiger partial charge in [-0.15, -0.1) is 0 Å². The van der Waals surface area contributed by atoms with Crippen LogP contribution in [0.3, 0.4) is 0 Å². The Morgan fingerprint density at radius 3 is 1.80 bits per heavy atom. The zero-order chi connectivity index (χ0) is 24.5. The lowest BCUT2D eigenvalue weighted by Gasteiger charge is -2.31. The Bertz CT molecular complexity index is 1030. The first-order valence-corrected chi connectivity index (χ1v) is 11.7. The molecule has 1 heterocycles. The summed E-state index contributed by atoms with van der Waals surface area (Å²) in [4.78, 5) is 14.5. The van der Waals surface area contributed by atoms with Crippen molar-refractivity contribution in [3.8, 4) is 0 Å². The maximum absolute atomic E-state index is 13.1. The summed E-state index contributed by atoms with van der Waals surface area (Å²) in [6.45, 7) is 0.346. The molecule has 7 heteroatoms. The van der Waals surface area contributed by atoms with Gasteiger partial charge >= 0.3 is 6.09 Å². The Labute approximate surface area is 205 Å². The number of ether oxygens (including phenoxy) is 3. The maximum Gasteiger partial charge on any atom is 0.410 e. The molecular weight excluding hydrogens is 446 g/mol. The van der Waals surface area contributed by atoms with Gasteiger partial charge in [-0.25, -0.2) is 4.79 Å². The molecule has 0 spiro atoms. The number of benzene rings is 3. The van der Waals surface area contributed by atoms with Crippen LogP contribution in [-0.4, -0.2) is 58.7 Å². The van der Waals surface area contributed by atoms with Crippen molar-refractivity contribution in [3.63, 3.8) is 0 Å². The molecule has 4 rings (SSSR count). The summed E-state index contributed by atoms with van der Waals surface area (Å²) < 4.78 is 18.0. The summed E-state index contributed by atoms with van der Waals surface area (Å²) in [5.74, 6) is 0. The monoisotopic (exact) mass is 477 g/mol. The smallest absolute Gasteiger partial charge is 0.410 e. The van der Waals surface area contributed by atoms with E-state index in [1.165, 1.54) is 4.90 Å². The van der Waals surface area contributed by atoms with Gasteiger partial charge in [0.1, 0.15) is 24.9 Å². The van der Waals surface area contributed by atoms with E-state index in [4.69, 9.17) is 14.2 Å². The van der Waals surface area contributed by atoms with Crippen LogP contribution in [0.2, 0.25) is 0 Å². The summed E-state index contributed by atoms with van der Waals surface area (Å²) in [5, 5.41) is 20.5. The van der Waals surface area contributed by atoms with Crippen molar-refractivity contribution in [3.05, 3.63) is 108 Å². The van der Waals surface area contributed by atoms with Gasteiger partial charge in [0.2, 0.25) is 0 Å². The molecule has 1 amide bonds. The molecule has 4 atom stereocenters. The Balaban J connectivity index is 1.51. The van der Waals surface area contributed by atoms with Crippen molar-refractivity contribution in [2.24, 2.45) is 0 Å². The summed E-state index contributed by atoms with van der Waals surface area (Å²) in [7, 11) is 0. The second-order valence-electron chi connectivity index (χ2n) is 8.53. The van der Waals surface area contributed by atoms with E-state index in [1.807, 2.05) is 91.0 Å². The fourth-order valence-electron chi connectivity index (χ4n) is 4.25. The lowest BCUT2D eigenvalue weighted by atomic mass is 10.0. The van der Waals surface area contributed by atoms with E-state index in [0.717, 1.165) is 16.7 Å². The third-order valence-corrected chi connectivity index (χ3v) is 6.05. The molecule has 3 aromatic rings. The highest BCUT2D eigenvalue weighted by molar-refractivity contribution is 5.69. The normalized spacial score (nSPS) is 20.5. The van der Waals surface area contributed by atoms with Crippen molar-refractivity contribution >= 4 is 6.09 Å². The van der Waals surface area contributed by atoms with E-state index >= 15 is 0 Å². The highest BCUT2D eigenvalue weighted by Gasteiger charge is 2.49. The molecule has 0 unspecified atom stereocenters. The van der Waals surface area contributed by atoms with Gasteiger partial charge in [0.15, 0.2) is 0 Å². The highest BCUT2D eigenvalue weighted by atomic mass is 16.6. The largest absolute Gasteiger partial charge is 0.445 e. The number of carbonyl (C=O) groups is 1. The Kier molecular flexibility index (Phi) is 8.86. The number of aliphatic hydroxyl groups is 2. The van der Waals surface area contributed by atoms with Gasteiger partial charge in [0.05, 0.1) is 32.4 Å². The van der Waals surface area contributed by atoms with Crippen LogP contribution in [0.25, 0.3) is 0 Å². The molecule has 1 aliphatic rings. The number of likely N-dealkylation sites (tertiary alicyclic amines) is 1. The van der Waals surface area contributed by atoms with Gasteiger partial charge in [-0.05, 0) is 16.7 Å². The second kappa shape index (κ2) is 12.5. The molecule has 0 aliphatic carbocycles. The number of nitrogens with zero attached hydrogens (tertiary/aromatic N) is 1. The van der Waals surface area contributed by atoms with Crippen LogP contribution < -0.4 is 0 Å². The highest BCUT2D eigenvalue weighted by Crippen LogP contribution is 2.29. The molecule has 35 heavy (non-hydrogen) atoms. The van der Waals surface area contributed by atoms with Gasteiger partial charge in [-0.3, -0.25) is 4.90 Å². The lowest BCUT2D eigenvalue weighted by molar-refractivity contribution is -0.0924. The van der Waals surface area contributed by atoms with Crippen molar-refractivity contribution in [2.75, 3.05) is 13.2 Å². The van der Waals surface area contributed by atoms with Crippen LogP contribution in [0.1, 0.15) is 16.7 Å². The Morgan fingerprint density at radius 2 is 1.29 bits per heavy atom. The molecule has 184 valence electrons. The van der Waals surface area contributed by atoms with Gasteiger partial charge in [0, 0.05) is 0 Å². The van der Waals surface area contributed by atoms with E-state index in [1.54, 1.807) is 0 Å². The topological polar surface area (TPSA) is 88.5 Å². The standard InChI is InChI=1S/C28H31NO6/c30-17-24(31)26-27(34-19-22-12-6-2-7-13-22)25(33-18-21-10-4-1-5-11-21)16-29(26)28(32)35-20-23-14-8-3-9-15-23/h1-15,24-27,30-31H,16-20H2/t24-,25-,26+,27-/m1/s1. The number of amides is 1. The van der Waals surface area contributed by atoms with E-state index in [9.17, 15) is 15.0 Å². The SMILES string of the molecule is O=C(OCc1ccccc1)N1C[C@@H](OCc2ccccc2)[C@@H](OCc2ccccc2)[C@@H]1[C@H](O)CO. The second-order valence-corrected chi connectivity index (χ2v) is 8.53. The minimum Gasteiger partial charge on any atom is -0.445 e. The molecule has 3 aromatic carbocycles. The first-order valence-electron chi connectivity index (χ1n) is 11.7. The molecule has 1 fully saturated rings. The zero-order valence-electron chi connectivity index (χ0n) is 19.5. The van der Waals surface area contributed by atoms with Crippen LogP contribution in [0.5, 0.6) is 0 Å². The molecule has 0 radical (unpaired) electrons. The fourth-order valence-corrected chi connectivity index (χ4v) is 4.25. The molecule has 0 saturated carbocycles. The third kappa shape index (κ3) is 6.68. The summed E-state index contributed by atoms with van der Waals surface area (Å²) in [6.07, 6.45) is -2.99. The van der Waals surface area contributed by atoms with Crippen LogP contribution in [0.4, 0.5) is 4.79 Å². The number of aliphatic hydroxyl groups excluding tert-OH is 2. The van der Waals surface area contributed by atoms with Crippen LogP contribution in [-0.2, 0) is 34.0 Å². The van der Waals surface area contributed by atoms with Crippen molar-refractivity contribution < 1.29 is 29.2 Å². The van der Waals surface area contributed by atoms with Gasteiger partial charge < -0.3 is 24.4 Å². The van der Waals surface area contributed by atoms with Crippen LogP contribution in [0, 0.1) is 0 Å². The minimum atomic E-state index is -1.22. The van der Waals surface area contributed by atoms with E-state index < -0.39 is 37.1 Å². The van der Waals surface area contributed by atoms with E-state index in [2.05, 4.69) is 0 Å². The first kappa shape index (κ1) is 24.9. The molecule has 7 nitrogen and oxygen atoms in total. The number of carbonyl (C=O) groups excluding carboxylic acids is 1. The van der Waals surface area contributed by atoms with Gasteiger partial charge in [0.25, 0.3) is 0 Å². The summed E-state index contributed by atoms with van der Waals surface area (Å²) in [6, 6.07) is 27.9. The van der Waals surface area contributed by atoms with Gasteiger partial charge in [-0.2, -0.15) is 0 Å². The Morgan fingerprint density at radius 1 is 0.800 bits per heavy atom. The summed E-state index contributed by atoms with van der Waals surface area (Å²) >= 11 is 0. The lowest BCUT2D eigenvalue weighted by Crippen LogP contribution is -2.50. The minimum absolute atomic E-state index is 0.100. The van der Waals surface area contributed by atoms with Crippen molar-refractivity contribution in [1.29, 1.82) is 0 Å². The molecule has 0 aromatic heterocycles. The predicted molar refractivity (Wildman–Crippen MR) is 130 cm³/mol. The Hall–Kier alpha value is -3.23. The molecule has 2 N–H and O–H groups in total. The molecule has 1 aliphatic heterocycles. The van der Waals surface area contributed by atoms with Crippen LogP contribution >= 0.6 is 0 Å². The molecule has 0 bridgehead atoms. The predicted octanol–water partition coefficient (Wildman–Crippen LogP) is 3.53. The number of hydrogen-bond acceptors (Lipinski definition) is 6. The average molecular weight is 478 g/mol. The molecular formula is C28H31NO6. The average Bonchev–Trinajstić information content (AvgIpc) is 3.29. The third-order valence-electron chi connectivity index (χ3n) is 6.05. The van der Waals surface area contributed by atoms with Crippen LogP contribution in [0.15, 0.2) is 91.0 Å². The van der Waals surface area contributed by atoms with Crippen molar-refractivity contribution in [2.45, 2.75) is 44.2 Å². The maximum atomic E-state index is 13.1. The number of hydrogen-bond donors (Lipinski definition) is 2. The summed E-state index contributed by atoms with van der Waals surface area (Å²) in [5.41, 5.74) is 2.79. The quantitative estimate of drug-likeness (QED) is 0.465. The van der Waals surface area contributed by atoms with E-state index in [-0.39, 0.29) is 19.8 Å². The van der Waals surface area contributed by atoms with E-state index in [0.29, 0.717) is 6.61 Å². The van der Waals surface area contributed by atoms with Gasteiger partial charge in [-0.1, -0.05) is 91.0 Å². The number of rotatable bonds is 10. The molecule has 1 saturated heterocycles. The van der Waals surface area contributed by atoms with Crippen molar-refractivity contribution in [1.82, 2.24) is 4.90 Å². The fraction of sp³-hybridized carbons (Fsp3) is 0.321. The first-order chi connectivity index (χ1) is 17.2.